The Morgan fingerprint density at radius 1 is 1.06 bits per heavy atom. The van der Waals surface area contributed by atoms with Crippen LogP contribution in [-0.4, -0.2) is 52.3 Å². The Hall–Kier alpha value is -3.92. The van der Waals surface area contributed by atoms with E-state index in [2.05, 4.69) is 9.97 Å². The van der Waals surface area contributed by atoms with E-state index in [1.54, 1.807) is 57.2 Å². The highest BCUT2D eigenvalue weighted by molar-refractivity contribution is 5.87. The Balaban J connectivity index is 1.90. The number of methoxy groups -OCH3 is 2. The molecule has 3 aromatic rings. The number of benzene rings is 2. The molecule has 0 aliphatic carbocycles. The quantitative estimate of drug-likeness (QED) is 0.380. The van der Waals surface area contributed by atoms with Crippen LogP contribution in [-0.2, 0) is 14.4 Å². The number of aliphatic carboxylic acids is 1. The number of rotatable bonds is 9. The van der Waals surface area contributed by atoms with Crippen LogP contribution < -0.4 is 14.2 Å². The largest absolute Gasteiger partial charge is 0.493 e. The molecule has 0 unspecified atom stereocenters. The minimum absolute atomic E-state index is 0.286. The number of carboxylic acids is 1. The summed E-state index contributed by atoms with van der Waals surface area (Å²) in [5.41, 5.74) is 0.182. The second kappa shape index (κ2) is 9.70. The summed E-state index contributed by atoms with van der Waals surface area (Å²) in [4.78, 5) is 37.3. The maximum absolute atomic E-state index is 11.9. The third-order valence-corrected chi connectivity index (χ3v) is 4.49. The molecule has 1 amide bonds. The van der Waals surface area contributed by atoms with Gasteiger partial charge in [-0.05, 0) is 44.5 Å². The van der Waals surface area contributed by atoms with Gasteiger partial charge in [0, 0.05) is 6.07 Å². The third-order valence-electron chi connectivity index (χ3n) is 4.49. The predicted molar refractivity (Wildman–Crippen MR) is 118 cm³/mol. The number of carbonyl (C=O) groups excluding carboxylic acids is 1. The highest BCUT2D eigenvalue weighted by atomic mass is 16.7. The monoisotopic (exact) mass is 455 g/mol. The zero-order valence-corrected chi connectivity index (χ0v) is 18.9. The van der Waals surface area contributed by atoms with Crippen LogP contribution in [0, 0.1) is 0 Å². The van der Waals surface area contributed by atoms with E-state index in [-0.39, 0.29) is 5.88 Å². The number of amides is 1. The normalized spacial score (nSPS) is 12.2. The highest BCUT2D eigenvalue weighted by Gasteiger charge is 2.31. The summed E-state index contributed by atoms with van der Waals surface area (Å²) in [6, 6.07) is 8.36. The minimum atomic E-state index is -1.33. The minimum Gasteiger partial charge on any atom is -0.493 e. The van der Waals surface area contributed by atoms with Gasteiger partial charge in [0.25, 0.3) is 0 Å². The molecular formula is C23H25N3O7. The van der Waals surface area contributed by atoms with Gasteiger partial charge in [-0.2, -0.15) is 0 Å². The van der Waals surface area contributed by atoms with Gasteiger partial charge in [-0.15, -0.1) is 0 Å². The van der Waals surface area contributed by atoms with Crippen LogP contribution in [0.1, 0.15) is 32.4 Å². The molecule has 33 heavy (non-hydrogen) atoms. The topological polar surface area (TPSA) is 120 Å². The maximum atomic E-state index is 11.9. The van der Waals surface area contributed by atoms with E-state index < -0.39 is 17.6 Å². The van der Waals surface area contributed by atoms with Gasteiger partial charge in [-0.3, -0.25) is 9.63 Å². The molecule has 1 heterocycles. The first-order valence-electron chi connectivity index (χ1n) is 9.97. The van der Waals surface area contributed by atoms with Gasteiger partial charge < -0.3 is 19.3 Å². The number of ether oxygens (including phenoxy) is 3. The van der Waals surface area contributed by atoms with Gasteiger partial charge >= 0.3 is 5.97 Å². The molecule has 0 radical (unpaired) electrons. The molecule has 0 aliphatic heterocycles. The molecular weight excluding hydrogens is 430 g/mol. The SMILES string of the molecule is COc1cc2ncnc(Oc3ccc([C@H](C(=O)O)N(C=O)OC(C)(C)C)cc3)c2cc1OC. The van der Waals surface area contributed by atoms with Crippen molar-refractivity contribution in [2.75, 3.05) is 14.2 Å². The van der Waals surface area contributed by atoms with Gasteiger partial charge in [-0.1, -0.05) is 12.1 Å². The van der Waals surface area contributed by atoms with Gasteiger partial charge in [0.05, 0.1) is 30.7 Å². The summed E-state index contributed by atoms with van der Waals surface area (Å²) < 4.78 is 16.6. The predicted octanol–water partition coefficient (Wildman–Crippen LogP) is 3.75. The molecule has 2 aromatic carbocycles. The van der Waals surface area contributed by atoms with Crippen LogP contribution in [0.25, 0.3) is 10.9 Å². The van der Waals surface area contributed by atoms with Gasteiger partial charge in [0.15, 0.2) is 17.5 Å². The number of aromatic nitrogens is 2. The van der Waals surface area contributed by atoms with E-state index in [1.165, 1.54) is 20.5 Å². The van der Waals surface area contributed by atoms with Gasteiger partial charge in [-0.25, -0.2) is 19.8 Å². The summed E-state index contributed by atoms with van der Waals surface area (Å²) in [5, 5.41) is 11.1. The van der Waals surface area contributed by atoms with E-state index >= 15 is 0 Å². The molecule has 0 saturated carbocycles. The Bertz CT molecular complexity index is 1140. The zero-order valence-electron chi connectivity index (χ0n) is 18.9. The lowest BCUT2D eigenvalue weighted by Crippen LogP contribution is -2.39. The van der Waals surface area contributed by atoms with E-state index in [0.717, 1.165) is 5.06 Å². The first kappa shape index (κ1) is 23.7. The molecule has 1 aromatic heterocycles. The Morgan fingerprint density at radius 2 is 1.70 bits per heavy atom. The summed E-state index contributed by atoms with van der Waals surface area (Å²) in [6.07, 6.45) is 1.72. The van der Waals surface area contributed by atoms with Crippen molar-refractivity contribution in [3.8, 4) is 23.1 Å². The summed E-state index contributed by atoms with van der Waals surface area (Å²) >= 11 is 0. The summed E-state index contributed by atoms with van der Waals surface area (Å²) in [7, 11) is 3.06. The Labute approximate surface area is 190 Å². The lowest BCUT2D eigenvalue weighted by Gasteiger charge is -2.31. The van der Waals surface area contributed by atoms with Crippen LogP contribution in [0.4, 0.5) is 0 Å². The van der Waals surface area contributed by atoms with Crippen molar-refractivity contribution >= 4 is 23.3 Å². The number of hydroxylamine groups is 2. The van der Waals surface area contributed by atoms with Gasteiger partial charge in [0.2, 0.25) is 12.3 Å². The first-order chi connectivity index (χ1) is 15.7. The van der Waals surface area contributed by atoms with Crippen molar-refractivity contribution in [2.24, 2.45) is 0 Å². The van der Waals surface area contributed by atoms with Crippen LogP contribution in [0.15, 0.2) is 42.7 Å². The number of fused-ring (bicyclic) bond motifs is 1. The summed E-state index contributed by atoms with van der Waals surface area (Å²) in [6.45, 7) is 5.15. The second-order valence-corrected chi connectivity index (χ2v) is 7.98. The van der Waals surface area contributed by atoms with E-state index in [1.807, 2.05) is 0 Å². The van der Waals surface area contributed by atoms with Crippen molar-refractivity contribution in [1.82, 2.24) is 15.0 Å². The van der Waals surface area contributed by atoms with Crippen LogP contribution in [0.2, 0.25) is 0 Å². The Morgan fingerprint density at radius 3 is 2.24 bits per heavy atom. The lowest BCUT2D eigenvalue weighted by molar-refractivity contribution is -0.236. The first-order valence-corrected chi connectivity index (χ1v) is 9.97. The molecule has 0 bridgehead atoms. The molecule has 10 nitrogen and oxygen atoms in total. The van der Waals surface area contributed by atoms with Crippen molar-refractivity contribution in [1.29, 1.82) is 0 Å². The molecule has 0 saturated heterocycles. The molecule has 0 spiro atoms. The van der Waals surface area contributed by atoms with Crippen molar-refractivity contribution in [2.45, 2.75) is 32.4 Å². The fourth-order valence-corrected chi connectivity index (χ4v) is 3.12. The highest BCUT2D eigenvalue weighted by Crippen LogP contribution is 2.36. The number of carboxylic acid groups (broad SMARTS) is 1. The smallest absolute Gasteiger partial charge is 0.333 e. The van der Waals surface area contributed by atoms with Crippen LogP contribution >= 0.6 is 0 Å². The summed E-state index contributed by atoms with van der Waals surface area (Å²) in [5.74, 6) is 0.483. The van der Waals surface area contributed by atoms with E-state index in [9.17, 15) is 14.7 Å². The Kier molecular flexibility index (Phi) is 6.98. The second-order valence-electron chi connectivity index (χ2n) is 7.98. The fourth-order valence-electron chi connectivity index (χ4n) is 3.12. The van der Waals surface area contributed by atoms with Gasteiger partial charge in [0.1, 0.15) is 12.1 Å². The number of carbonyl (C=O) groups is 2. The molecule has 3 rings (SSSR count). The third kappa shape index (κ3) is 5.47. The average molecular weight is 455 g/mol. The molecule has 0 aliphatic rings. The molecule has 174 valence electrons. The fraction of sp³-hybridized carbons (Fsp3) is 0.304. The number of hydrogen-bond donors (Lipinski definition) is 1. The molecule has 10 heteroatoms. The molecule has 1 atom stereocenters. The molecule has 0 fully saturated rings. The maximum Gasteiger partial charge on any atom is 0.333 e. The van der Waals surface area contributed by atoms with Crippen LogP contribution in [0.5, 0.6) is 23.1 Å². The van der Waals surface area contributed by atoms with E-state index in [4.69, 9.17) is 19.0 Å². The van der Waals surface area contributed by atoms with Crippen molar-refractivity contribution < 1.29 is 33.7 Å². The van der Waals surface area contributed by atoms with Crippen LogP contribution in [0.3, 0.4) is 0 Å². The van der Waals surface area contributed by atoms with Crippen molar-refractivity contribution in [3.63, 3.8) is 0 Å². The standard InChI is InChI=1S/C23H25N3O7/c1-23(2,3)33-26(13-27)20(22(28)29)14-6-8-15(9-7-14)32-21-16-10-18(30-4)19(31-5)11-17(16)24-12-25-21/h6-13,20H,1-5H3,(H,28,29)/t20-/m1/s1. The lowest BCUT2D eigenvalue weighted by atomic mass is 10.1. The van der Waals surface area contributed by atoms with Crippen molar-refractivity contribution in [3.05, 3.63) is 48.3 Å². The average Bonchev–Trinajstić information content (AvgIpc) is 2.77. The number of nitrogens with zero attached hydrogens (tertiary/aromatic N) is 3. The van der Waals surface area contributed by atoms with E-state index in [0.29, 0.717) is 40.1 Å². The number of hydrogen-bond acceptors (Lipinski definition) is 8. The molecule has 1 N–H and O–H groups in total. The zero-order chi connectivity index (χ0) is 24.2.